The van der Waals surface area contributed by atoms with Crippen LogP contribution in [0.4, 0.5) is 0 Å². The van der Waals surface area contributed by atoms with Gasteiger partial charge in [0.2, 0.25) is 0 Å². The third kappa shape index (κ3) is 40.2. The molecule has 19 atom stereocenters. The Morgan fingerprint density at radius 2 is 0.745 bits per heavy atom. The highest BCUT2D eigenvalue weighted by Gasteiger charge is 2.58. The van der Waals surface area contributed by atoms with Crippen molar-refractivity contribution < 1.29 is 117 Å². The van der Waals surface area contributed by atoms with Crippen molar-refractivity contribution in [3.05, 3.63) is 12.2 Å². The molecule has 25 heteroatoms. The average molecular weight is 1480 g/mol. The van der Waals surface area contributed by atoms with Gasteiger partial charge in [-0.05, 0) is 50.9 Å². The van der Waals surface area contributed by atoms with Crippen molar-refractivity contribution in [1.29, 1.82) is 0 Å². The lowest BCUT2D eigenvalue weighted by molar-refractivity contribution is -0.360. The lowest BCUT2D eigenvalue weighted by Crippen LogP contribution is -2.69. The second kappa shape index (κ2) is 57.8. The fraction of sp³-hybridized carbons (Fsp3) is 0.935. The fourth-order valence-corrected chi connectivity index (χ4v) is 14.5. The number of ether oxygens (including phenoxy) is 7. The lowest BCUT2D eigenvalue weighted by Gasteiger charge is -2.49. The number of carbonyl (C=O) groups is 3. The van der Waals surface area contributed by atoms with E-state index in [9.17, 15) is 74.9 Å². The van der Waals surface area contributed by atoms with E-state index in [1.54, 1.807) is 0 Å². The average Bonchev–Trinajstić information content (AvgIpc) is 0.762. The molecule has 600 valence electrons. The quantitative estimate of drug-likeness (QED) is 0.00886. The topological polar surface area (TPSA) is 374 Å². The van der Waals surface area contributed by atoms with E-state index in [-0.39, 0.29) is 19.3 Å². The van der Waals surface area contributed by atoms with Crippen LogP contribution in [0.1, 0.15) is 323 Å². The van der Waals surface area contributed by atoms with Crippen molar-refractivity contribution in [1.82, 2.24) is 0 Å². The molecule has 1 aliphatic carbocycles. The van der Waals surface area contributed by atoms with Gasteiger partial charge < -0.3 is 89.1 Å². The van der Waals surface area contributed by atoms with Gasteiger partial charge in [-0.2, -0.15) is 0 Å². The van der Waals surface area contributed by atoms with Gasteiger partial charge in [-0.3, -0.25) is 23.4 Å². The summed E-state index contributed by atoms with van der Waals surface area (Å²) in [6.45, 7) is 5.79. The van der Waals surface area contributed by atoms with E-state index >= 15 is 0 Å². The predicted octanol–water partition coefficient (Wildman–Crippen LogP) is 12.2. The van der Waals surface area contributed by atoms with Crippen LogP contribution < -0.4 is 0 Å². The van der Waals surface area contributed by atoms with E-state index in [0.717, 1.165) is 89.9 Å². The van der Waals surface area contributed by atoms with Gasteiger partial charge in [0.1, 0.15) is 98.7 Å². The molecule has 2 saturated heterocycles. The van der Waals surface area contributed by atoms with Crippen LogP contribution in [0.5, 0.6) is 0 Å². The van der Waals surface area contributed by atoms with Crippen LogP contribution in [0.15, 0.2) is 12.2 Å². The van der Waals surface area contributed by atoms with Gasteiger partial charge >= 0.3 is 25.7 Å². The maximum Gasteiger partial charge on any atom is 0.472 e. The van der Waals surface area contributed by atoms with Crippen LogP contribution in [-0.4, -0.2) is 204 Å². The highest BCUT2D eigenvalue weighted by atomic mass is 31.2. The third-order valence-corrected chi connectivity index (χ3v) is 21.2. The highest BCUT2D eigenvalue weighted by molar-refractivity contribution is 7.47. The maximum absolute atomic E-state index is 14.4. The van der Waals surface area contributed by atoms with Gasteiger partial charge in [-0.1, -0.05) is 271 Å². The molecule has 2 aliphatic heterocycles. The summed E-state index contributed by atoms with van der Waals surface area (Å²) in [5.41, 5.74) is 0. The summed E-state index contributed by atoms with van der Waals surface area (Å²) in [7, 11) is -5.70. The Labute approximate surface area is 612 Å². The van der Waals surface area contributed by atoms with Crippen LogP contribution in [0, 0.1) is 5.92 Å². The summed E-state index contributed by atoms with van der Waals surface area (Å²) < 4.78 is 65.2. The standard InChI is InChI=1S/C77H143O24P/c1-5-8-11-14-17-19-21-23-25-26-27-29-30-32-34-40-46-51-62(80)94-56-60-65(83)67(85)72(90)77(98-60)100-74-70(88)68(86)69(87)73(99-76-71(89)66(84)64(82)59(53-78)97-76)75(74)101-102(91,92)95-55-58(96-63(81)52-47-42-35-33-31-28-24-22-20-18-15-12-9-6-2)54-93-61(79)50-45-41-37-36-39-44-49-57(4)48-43-38-16-13-10-7-3/h28,31,57-60,64-78,82-90H,5-27,29-30,32-56H2,1-4H3,(H,91,92)/b31-28-. The molecule has 0 aromatic heterocycles. The van der Waals surface area contributed by atoms with E-state index < -0.39 is 156 Å². The zero-order valence-corrected chi connectivity index (χ0v) is 64.0. The van der Waals surface area contributed by atoms with Crippen molar-refractivity contribution in [3.8, 4) is 0 Å². The molecule has 0 aromatic rings. The Balaban J connectivity index is 1.71. The van der Waals surface area contributed by atoms with E-state index in [1.807, 2.05) is 0 Å². The summed E-state index contributed by atoms with van der Waals surface area (Å²) in [4.78, 5) is 51.2. The SMILES string of the molecule is CCCCCCCCC/C=C\CCCCCC(=O)OC(COC(=O)CCCCCCCCC(C)CCCCCCCC)COP(=O)(O)OC1C(OC2OC(CO)C(O)C(O)C2O)C(O)C(O)C(O)C1OC1OC(COC(=O)CCCCCCCCCCCCCCCCCCC)C(O)C(O)C1O. The Bertz CT molecular complexity index is 2160. The number of aliphatic hydroxyl groups excluding tert-OH is 10. The van der Waals surface area contributed by atoms with Crippen LogP contribution in [-0.2, 0) is 61.2 Å². The second-order valence-electron chi connectivity index (χ2n) is 29.4. The molecular weight excluding hydrogens is 1340 g/mol. The molecule has 0 bridgehead atoms. The van der Waals surface area contributed by atoms with Crippen molar-refractivity contribution >= 4 is 25.7 Å². The monoisotopic (exact) mass is 1480 g/mol. The smallest absolute Gasteiger partial charge is 0.463 e. The Morgan fingerprint density at radius 1 is 0.402 bits per heavy atom. The van der Waals surface area contributed by atoms with E-state index in [4.69, 9.17) is 42.2 Å². The first kappa shape index (κ1) is 93.9. The summed E-state index contributed by atoms with van der Waals surface area (Å²) in [5, 5.41) is 110. The number of hydrogen-bond acceptors (Lipinski definition) is 23. The van der Waals surface area contributed by atoms with Crippen LogP contribution in [0.3, 0.4) is 0 Å². The second-order valence-corrected chi connectivity index (χ2v) is 30.8. The summed E-state index contributed by atoms with van der Waals surface area (Å²) >= 11 is 0. The molecule has 24 nitrogen and oxygen atoms in total. The maximum atomic E-state index is 14.4. The molecule has 3 fully saturated rings. The molecule has 0 radical (unpaired) electrons. The van der Waals surface area contributed by atoms with E-state index in [0.29, 0.717) is 31.6 Å². The van der Waals surface area contributed by atoms with Gasteiger partial charge in [-0.15, -0.1) is 0 Å². The minimum Gasteiger partial charge on any atom is -0.463 e. The Kier molecular flexibility index (Phi) is 53.2. The molecule has 2 heterocycles. The molecule has 3 rings (SSSR count). The molecule has 3 aliphatic rings. The normalized spacial score (nSPS) is 27.4. The summed E-state index contributed by atoms with van der Waals surface area (Å²) in [6.07, 6.45) is 16.9. The third-order valence-electron chi connectivity index (χ3n) is 20.2. The molecule has 0 spiro atoms. The van der Waals surface area contributed by atoms with Gasteiger partial charge in [0.15, 0.2) is 18.7 Å². The van der Waals surface area contributed by atoms with Gasteiger partial charge in [0.05, 0.1) is 13.2 Å². The largest absolute Gasteiger partial charge is 0.472 e. The minimum absolute atomic E-state index is 0.0321. The van der Waals surface area contributed by atoms with Crippen LogP contribution >= 0.6 is 7.82 Å². The highest BCUT2D eigenvalue weighted by Crippen LogP contribution is 2.49. The molecule has 19 unspecified atom stereocenters. The van der Waals surface area contributed by atoms with Crippen molar-refractivity contribution in [2.45, 2.75) is 427 Å². The van der Waals surface area contributed by atoms with Crippen molar-refractivity contribution in [3.63, 3.8) is 0 Å². The number of hydrogen-bond donors (Lipinski definition) is 11. The number of aliphatic hydroxyl groups is 10. The molecular formula is C77H143O24P. The number of esters is 3. The summed E-state index contributed by atoms with van der Waals surface area (Å²) in [6, 6.07) is 0. The molecule has 0 amide bonds. The Hall–Kier alpha value is -2.30. The fourth-order valence-electron chi connectivity index (χ4n) is 13.5. The number of unbranched alkanes of at least 4 members (excludes halogenated alkanes) is 36. The number of phosphoric ester groups is 1. The van der Waals surface area contributed by atoms with Crippen molar-refractivity contribution in [2.24, 2.45) is 5.92 Å². The first-order valence-electron chi connectivity index (χ1n) is 40.4. The predicted molar refractivity (Wildman–Crippen MR) is 388 cm³/mol. The lowest BCUT2D eigenvalue weighted by atomic mass is 9.84. The minimum atomic E-state index is -5.70. The summed E-state index contributed by atoms with van der Waals surface area (Å²) in [5.74, 6) is -1.30. The first-order valence-corrected chi connectivity index (χ1v) is 41.9. The Morgan fingerprint density at radius 3 is 1.17 bits per heavy atom. The molecule has 102 heavy (non-hydrogen) atoms. The number of phosphoric acid groups is 1. The van der Waals surface area contributed by atoms with Crippen LogP contribution in [0.2, 0.25) is 0 Å². The van der Waals surface area contributed by atoms with Crippen molar-refractivity contribution in [2.75, 3.05) is 26.4 Å². The van der Waals surface area contributed by atoms with Gasteiger partial charge in [0.25, 0.3) is 0 Å². The number of allylic oxidation sites excluding steroid dienone is 2. The van der Waals surface area contributed by atoms with E-state index in [1.165, 1.54) is 161 Å². The zero-order valence-electron chi connectivity index (χ0n) is 63.1. The van der Waals surface area contributed by atoms with Gasteiger partial charge in [-0.25, -0.2) is 4.57 Å². The first-order chi connectivity index (χ1) is 49.2. The zero-order chi connectivity index (χ0) is 74.8. The molecule has 1 saturated carbocycles. The van der Waals surface area contributed by atoms with Gasteiger partial charge in [0, 0.05) is 19.3 Å². The van der Waals surface area contributed by atoms with Crippen LogP contribution in [0.25, 0.3) is 0 Å². The number of carbonyl (C=O) groups excluding carboxylic acids is 3. The molecule has 0 aromatic carbocycles. The molecule has 11 N–H and O–H groups in total. The van der Waals surface area contributed by atoms with E-state index in [2.05, 4.69) is 39.8 Å². The number of rotatable bonds is 63.